The Morgan fingerprint density at radius 1 is 0.321 bits per heavy atom. The molecule has 0 spiro atoms. The Bertz CT molecular complexity index is 1350. The molecule has 5 aliphatic heterocycles. The standard InChI is InChI=1S/C36H56N8O8.Fe/c45-33(46)21-19-20(22(34(47)48)24(36(51)52)23(21)35(49)50)32-43-30-18-12-6-4-10-16(18)28(41-30)39-26-14-8-2-1-7-13(14)25(37-26)38-27-15-9-3-5-11-17(15)29(40-27)42-31(19)44-32;/h13-32,37-44H,1-12H2,(H,45,46)(H,47,48)(H,49,50)(H,51,52);. The Balaban J connectivity index is 0.00000400. The molecule has 53 heavy (non-hydrogen) atoms. The monoisotopic (exact) mass is 784 g/mol. The van der Waals surface area contributed by atoms with Gasteiger partial charge in [0.1, 0.15) is 0 Å². The Morgan fingerprint density at radius 2 is 0.509 bits per heavy atom. The molecule has 4 saturated carbocycles. The molecule has 20 unspecified atom stereocenters. The van der Waals surface area contributed by atoms with Crippen molar-refractivity contribution in [2.45, 2.75) is 126 Å². The molecule has 0 amide bonds. The van der Waals surface area contributed by atoms with E-state index >= 15 is 0 Å². The van der Waals surface area contributed by atoms with Crippen molar-refractivity contribution in [3.05, 3.63) is 0 Å². The van der Waals surface area contributed by atoms with Crippen molar-refractivity contribution >= 4 is 23.9 Å². The van der Waals surface area contributed by atoms with E-state index in [0.717, 1.165) is 51.4 Å². The summed E-state index contributed by atoms with van der Waals surface area (Å²) in [6.07, 6.45) is 11.4. The summed E-state index contributed by atoms with van der Waals surface area (Å²) in [5.41, 5.74) is 0. The van der Waals surface area contributed by atoms with Crippen LogP contribution in [0.3, 0.4) is 0 Å². The van der Waals surface area contributed by atoms with E-state index in [4.69, 9.17) is 0 Å². The molecule has 8 bridgehead atoms. The third kappa shape index (κ3) is 6.34. The second-order valence-corrected chi connectivity index (χ2v) is 17.6. The Hall–Kier alpha value is -1.92. The molecule has 0 aromatic carbocycles. The molecule has 5 heterocycles. The minimum absolute atomic E-state index is 0. The molecule has 296 valence electrons. The van der Waals surface area contributed by atoms with Crippen LogP contribution in [0.5, 0.6) is 0 Å². The van der Waals surface area contributed by atoms with Crippen LogP contribution < -0.4 is 42.5 Å². The van der Waals surface area contributed by atoms with Gasteiger partial charge in [0.15, 0.2) is 0 Å². The van der Waals surface area contributed by atoms with Crippen LogP contribution in [0.2, 0.25) is 0 Å². The predicted octanol–water partition coefficient (Wildman–Crippen LogP) is -0.154. The number of hydrogen-bond acceptors (Lipinski definition) is 12. The summed E-state index contributed by atoms with van der Waals surface area (Å²) in [7, 11) is 0. The van der Waals surface area contributed by atoms with Crippen LogP contribution in [-0.2, 0) is 36.2 Å². The van der Waals surface area contributed by atoms with E-state index in [1.54, 1.807) is 0 Å². The van der Waals surface area contributed by atoms with Gasteiger partial charge in [0.05, 0.1) is 73.0 Å². The van der Waals surface area contributed by atoms with Gasteiger partial charge in [0.25, 0.3) is 0 Å². The number of carbonyl (C=O) groups is 4. The fourth-order valence-electron chi connectivity index (χ4n) is 13.4. The van der Waals surface area contributed by atoms with Crippen LogP contribution in [0, 0.1) is 71.0 Å². The third-order valence-electron chi connectivity index (χ3n) is 15.4. The van der Waals surface area contributed by atoms with Crippen LogP contribution in [0.4, 0.5) is 0 Å². The quantitative estimate of drug-likeness (QED) is 0.166. The molecule has 16 nitrogen and oxygen atoms in total. The summed E-state index contributed by atoms with van der Waals surface area (Å²) >= 11 is 0. The number of aliphatic carboxylic acids is 4. The van der Waals surface area contributed by atoms with E-state index in [2.05, 4.69) is 42.5 Å². The van der Waals surface area contributed by atoms with Crippen molar-refractivity contribution in [3.8, 4) is 0 Å². The molecular weight excluding hydrogens is 728 g/mol. The number of carboxylic acid groups (broad SMARTS) is 4. The first-order valence-electron chi connectivity index (χ1n) is 20.1. The van der Waals surface area contributed by atoms with Crippen molar-refractivity contribution in [3.63, 3.8) is 0 Å². The topological polar surface area (TPSA) is 245 Å². The number of nitrogens with one attached hydrogen (secondary N) is 8. The van der Waals surface area contributed by atoms with Crippen LogP contribution in [0.15, 0.2) is 0 Å². The minimum atomic E-state index is -1.92. The maximum absolute atomic E-state index is 13.2. The first-order chi connectivity index (χ1) is 25.1. The van der Waals surface area contributed by atoms with Gasteiger partial charge in [-0.3, -0.25) is 61.7 Å². The first-order valence-corrected chi connectivity index (χ1v) is 20.1. The Labute approximate surface area is 319 Å². The summed E-state index contributed by atoms with van der Waals surface area (Å²) in [4.78, 5) is 52.0. The van der Waals surface area contributed by atoms with E-state index in [1.807, 2.05) is 0 Å². The average Bonchev–Trinajstić information content (AvgIpc) is 3.86. The SMILES string of the molecule is O=C(O)C1C(C(=O)O)C(C(=O)O)C2C3NC4NC(NC5NC(NC6NC(NC(N3)C2C1C(=O)O)C1CCCCC61)C1CCCCC51)C1CCCCC41.[Fe]. The van der Waals surface area contributed by atoms with E-state index in [1.165, 1.54) is 25.7 Å². The van der Waals surface area contributed by atoms with Crippen molar-refractivity contribution in [2.75, 3.05) is 0 Å². The van der Waals surface area contributed by atoms with Crippen molar-refractivity contribution in [1.29, 1.82) is 0 Å². The summed E-state index contributed by atoms with van der Waals surface area (Å²) in [5.74, 6) is -13.1. The van der Waals surface area contributed by atoms with E-state index in [0.29, 0.717) is 23.7 Å². The van der Waals surface area contributed by atoms with Gasteiger partial charge < -0.3 is 20.4 Å². The van der Waals surface area contributed by atoms with Gasteiger partial charge in [-0.15, -0.1) is 0 Å². The molecule has 12 N–H and O–H groups in total. The van der Waals surface area contributed by atoms with Gasteiger partial charge in [0, 0.05) is 28.9 Å². The smallest absolute Gasteiger partial charge is 0.308 e. The fourth-order valence-corrected chi connectivity index (χ4v) is 13.4. The molecule has 0 aromatic heterocycles. The van der Waals surface area contributed by atoms with Crippen molar-refractivity contribution in [2.24, 2.45) is 71.0 Å². The zero-order chi connectivity index (χ0) is 36.0. The van der Waals surface area contributed by atoms with Crippen LogP contribution in [-0.4, -0.2) is 93.6 Å². The van der Waals surface area contributed by atoms with Crippen molar-refractivity contribution < 1.29 is 56.7 Å². The van der Waals surface area contributed by atoms with E-state index < -0.39 is 71.7 Å². The molecule has 4 aliphatic carbocycles. The maximum Gasteiger partial charge on any atom is 0.308 e. The Kier molecular flexibility index (Phi) is 10.7. The predicted molar refractivity (Wildman–Crippen MR) is 183 cm³/mol. The number of fused-ring (bicyclic) bond motifs is 20. The van der Waals surface area contributed by atoms with Gasteiger partial charge in [0.2, 0.25) is 0 Å². The fraction of sp³-hybridized carbons (Fsp3) is 0.889. The van der Waals surface area contributed by atoms with Gasteiger partial charge in [-0.05, 0) is 74.0 Å². The summed E-state index contributed by atoms with van der Waals surface area (Å²) < 4.78 is 0. The second-order valence-electron chi connectivity index (χ2n) is 17.6. The largest absolute Gasteiger partial charge is 0.481 e. The molecular formula is C36H56FeN8O8. The van der Waals surface area contributed by atoms with Gasteiger partial charge in [-0.25, -0.2) is 0 Å². The molecule has 9 aliphatic rings. The van der Waals surface area contributed by atoms with Gasteiger partial charge in [-0.2, -0.15) is 0 Å². The van der Waals surface area contributed by atoms with Gasteiger partial charge >= 0.3 is 23.9 Å². The summed E-state index contributed by atoms with van der Waals surface area (Å²) in [5, 5.41) is 73.1. The molecule has 9 rings (SSSR count). The molecule has 9 fully saturated rings. The van der Waals surface area contributed by atoms with Crippen LogP contribution >= 0.6 is 0 Å². The first kappa shape index (κ1) is 38.0. The average molecular weight is 785 g/mol. The summed E-state index contributed by atoms with van der Waals surface area (Å²) in [6, 6.07) is 0. The summed E-state index contributed by atoms with van der Waals surface area (Å²) in [6.45, 7) is 0. The minimum Gasteiger partial charge on any atom is -0.481 e. The second kappa shape index (κ2) is 14.9. The van der Waals surface area contributed by atoms with Crippen molar-refractivity contribution in [1.82, 2.24) is 42.5 Å². The van der Waals surface area contributed by atoms with Gasteiger partial charge in [-0.1, -0.05) is 38.5 Å². The molecule has 5 saturated heterocycles. The molecule has 20 atom stereocenters. The molecule has 17 heteroatoms. The normalized spacial score (nSPS) is 51.5. The maximum atomic E-state index is 13.2. The van der Waals surface area contributed by atoms with E-state index in [9.17, 15) is 39.6 Å². The number of rotatable bonds is 4. The number of hydrogen-bond donors (Lipinski definition) is 12. The zero-order valence-corrected chi connectivity index (χ0v) is 30.9. The van der Waals surface area contributed by atoms with Crippen LogP contribution in [0.25, 0.3) is 0 Å². The van der Waals surface area contributed by atoms with E-state index in [-0.39, 0.29) is 65.9 Å². The number of carboxylic acids is 4. The van der Waals surface area contributed by atoms with Crippen LogP contribution in [0.1, 0.15) is 77.0 Å². The Morgan fingerprint density at radius 3 is 0.717 bits per heavy atom. The molecule has 0 aromatic rings. The third-order valence-corrected chi connectivity index (χ3v) is 15.4. The zero-order valence-electron chi connectivity index (χ0n) is 29.8. The molecule has 0 radical (unpaired) electrons.